The summed E-state index contributed by atoms with van der Waals surface area (Å²) in [5, 5.41) is 15.2. The molecule has 1 fully saturated rings. The molecule has 0 saturated carbocycles. The highest BCUT2D eigenvalue weighted by molar-refractivity contribution is 7.13. The van der Waals surface area contributed by atoms with Crippen LogP contribution in [0.15, 0.2) is 47.1 Å². The highest BCUT2D eigenvalue weighted by Gasteiger charge is 2.27. The van der Waals surface area contributed by atoms with E-state index in [9.17, 15) is 9.59 Å². The molecule has 9 heteroatoms. The van der Waals surface area contributed by atoms with E-state index < -0.39 is 0 Å². The summed E-state index contributed by atoms with van der Waals surface area (Å²) in [7, 11) is 0. The molecule has 1 aliphatic heterocycles. The van der Waals surface area contributed by atoms with Crippen LogP contribution in [-0.2, 0) is 6.54 Å². The van der Waals surface area contributed by atoms with Gasteiger partial charge < -0.3 is 20.0 Å². The van der Waals surface area contributed by atoms with Gasteiger partial charge in [0.1, 0.15) is 10.8 Å². The predicted molar refractivity (Wildman–Crippen MR) is 114 cm³/mol. The average Bonchev–Trinajstić information content (AvgIpc) is 3.46. The second-order valence-corrected chi connectivity index (χ2v) is 8.27. The Balaban J connectivity index is 1.27. The summed E-state index contributed by atoms with van der Waals surface area (Å²) in [6.07, 6.45) is 3.18. The highest BCUT2D eigenvalue weighted by atomic mass is 32.1. The Kier molecular flexibility index (Phi) is 6.08. The number of nitrogens with zero attached hydrogens (tertiary/aromatic N) is 3. The molecule has 1 aromatic carbocycles. The van der Waals surface area contributed by atoms with Crippen molar-refractivity contribution in [2.75, 3.05) is 18.4 Å². The molecule has 0 unspecified atom stereocenters. The van der Waals surface area contributed by atoms with Gasteiger partial charge in [0.15, 0.2) is 0 Å². The van der Waals surface area contributed by atoms with E-state index in [4.69, 9.17) is 4.42 Å². The minimum atomic E-state index is -0.252. The van der Waals surface area contributed by atoms with Crippen molar-refractivity contribution in [3.05, 3.63) is 64.0 Å². The van der Waals surface area contributed by atoms with Crippen molar-refractivity contribution in [3.63, 3.8) is 0 Å². The minimum Gasteiger partial charge on any atom is -0.467 e. The fraction of sp³-hybridized carbons (Fsp3) is 0.333. The lowest BCUT2D eigenvalue weighted by molar-refractivity contribution is 0.102. The fourth-order valence-corrected chi connectivity index (χ4v) is 4.24. The molecular formula is C21H23N5O3S. The van der Waals surface area contributed by atoms with E-state index in [-0.39, 0.29) is 17.9 Å². The van der Waals surface area contributed by atoms with Crippen LogP contribution in [0.3, 0.4) is 0 Å². The maximum atomic E-state index is 12.4. The third kappa shape index (κ3) is 4.85. The number of benzene rings is 1. The molecule has 0 bridgehead atoms. The van der Waals surface area contributed by atoms with E-state index in [1.807, 2.05) is 37.3 Å². The summed E-state index contributed by atoms with van der Waals surface area (Å²) in [5.74, 6) is 0.679. The number of likely N-dealkylation sites (tertiary alicyclic amines) is 1. The standard InChI is InChI=1S/C21H23N5O3S/c1-14-4-6-16(7-5-14)23-18(27)20-25-24-19(30-20)15-8-10-26(11-9-15)21(28)22-13-17-3-2-12-29-17/h2-7,12,15H,8-11,13H2,1H3,(H,22,28)(H,23,27). The van der Waals surface area contributed by atoms with Gasteiger partial charge in [0, 0.05) is 24.7 Å². The molecule has 3 amide bonds. The molecule has 4 rings (SSSR count). The second-order valence-electron chi connectivity index (χ2n) is 7.26. The van der Waals surface area contributed by atoms with Crippen LogP contribution in [0, 0.1) is 6.92 Å². The number of urea groups is 1. The SMILES string of the molecule is Cc1ccc(NC(=O)c2nnc(C3CCN(C(=O)NCc4ccco4)CC3)s2)cc1. The van der Waals surface area contributed by atoms with Gasteiger partial charge in [0.2, 0.25) is 5.01 Å². The molecule has 2 N–H and O–H groups in total. The van der Waals surface area contributed by atoms with Crippen LogP contribution in [0.5, 0.6) is 0 Å². The van der Waals surface area contributed by atoms with Crippen LogP contribution in [0.4, 0.5) is 10.5 Å². The van der Waals surface area contributed by atoms with Crippen LogP contribution in [0.2, 0.25) is 0 Å². The van der Waals surface area contributed by atoms with Crippen molar-refractivity contribution in [2.24, 2.45) is 0 Å². The zero-order valence-corrected chi connectivity index (χ0v) is 17.4. The maximum absolute atomic E-state index is 12.4. The molecule has 3 aromatic rings. The van der Waals surface area contributed by atoms with Crippen LogP contribution < -0.4 is 10.6 Å². The fourth-order valence-electron chi connectivity index (χ4n) is 3.33. The Bertz CT molecular complexity index is 992. The zero-order chi connectivity index (χ0) is 20.9. The van der Waals surface area contributed by atoms with Crippen molar-refractivity contribution >= 4 is 29.0 Å². The number of rotatable bonds is 5. The van der Waals surface area contributed by atoms with Gasteiger partial charge in [-0.25, -0.2) is 4.79 Å². The van der Waals surface area contributed by atoms with Gasteiger partial charge in [-0.05, 0) is 44.0 Å². The quantitative estimate of drug-likeness (QED) is 0.648. The Morgan fingerprint density at radius 2 is 1.93 bits per heavy atom. The van der Waals surface area contributed by atoms with Gasteiger partial charge in [-0.3, -0.25) is 4.79 Å². The van der Waals surface area contributed by atoms with E-state index in [1.54, 1.807) is 17.2 Å². The van der Waals surface area contributed by atoms with Crippen molar-refractivity contribution in [3.8, 4) is 0 Å². The first-order valence-corrected chi connectivity index (χ1v) is 10.7. The van der Waals surface area contributed by atoms with Gasteiger partial charge >= 0.3 is 6.03 Å². The van der Waals surface area contributed by atoms with E-state index in [0.29, 0.717) is 24.6 Å². The lowest BCUT2D eigenvalue weighted by Crippen LogP contribution is -2.43. The average molecular weight is 426 g/mol. The number of aryl methyl sites for hydroxylation is 1. The first kappa shape index (κ1) is 20.1. The number of carbonyl (C=O) groups excluding carboxylic acids is 2. The number of amides is 3. The van der Waals surface area contributed by atoms with Crippen molar-refractivity contribution < 1.29 is 14.0 Å². The molecule has 156 valence electrons. The predicted octanol–water partition coefficient (Wildman–Crippen LogP) is 3.78. The second kappa shape index (κ2) is 9.08. The van der Waals surface area contributed by atoms with E-state index in [1.165, 1.54) is 11.3 Å². The molecule has 30 heavy (non-hydrogen) atoms. The number of hydrogen-bond acceptors (Lipinski definition) is 6. The van der Waals surface area contributed by atoms with Crippen molar-refractivity contribution in [2.45, 2.75) is 32.2 Å². The number of piperidine rings is 1. The van der Waals surface area contributed by atoms with Crippen molar-refractivity contribution in [1.29, 1.82) is 0 Å². The first-order valence-electron chi connectivity index (χ1n) is 9.85. The Morgan fingerprint density at radius 1 is 1.17 bits per heavy atom. The summed E-state index contributed by atoms with van der Waals surface area (Å²) in [6.45, 7) is 3.65. The maximum Gasteiger partial charge on any atom is 0.317 e. The Hall–Kier alpha value is -3.20. The number of anilines is 1. The molecule has 0 atom stereocenters. The van der Waals surface area contributed by atoms with E-state index in [0.717, 1.165) is 34.9 Å². The third-order valence-electron chi connectivity index (χ3n) is 5.07. The first-order chi connectivity index (χ1) is 14.6. The summed E-state index contributed by atoms with van der Waals surface area (Å²) in [5.41, 5.74) is 1.86. The summed E-state index contributed by atoms with van der Waals surface area (Å²) in [4.78, 5) is 26.6. The highest BCUT2D eigenvalue weighted by Crippen LogP contribution is 2.30. The van der Waals surface area contributed by atoms with Crippen molar-refractivity contribution in [1.82, 2.24) is 20.4 Å². The molecule has 0 spiro atoms. The number of furan rings is 1. The van der Waals surface area contributed by atoms with Gasteiger partial charge in [0.25, 0.3) is 5.91 Å². The van der Waals surface area contributed by atoms with E-state index >= 15 is 0 Å². The topological polar surface area (TPSA) is 100 Å². The number of carbonyl (C=O) groups is 2. The lowest BCUT2D eigenvalue weighted by atomic mass is 9.98. The molecular weight excluding hydrogens is 402 g/mol. The van der Waals surface area contributed by atoms with E-state index in [2.05, 4.69) is 20.8 Å². The van der Waals surface area contributed by atoms with Crippen LogP contribution in [0.25, 0.3) is 0 Å². The summed E-state index contributed by atoms with van der Waals surface area (Å²) < 4.78 is 5.23. The van der Waals surface area contributed by atoms with Gasteiger partial charge in [-0.2, -0.15) is 0 Å². The van der Waals surface area contributed by atoms with Crippen LogP contribution >= 0.6 is 11.3 Å². The Labute approximate surface area is 178 Å². The molecule has 1 aliphatic rings. The van der Waals surface area contributed by atoms with Gasteiger partial charge in [0.05, 0.1) is 12.8 Å². The zero-order valence-electron chi connectivity index (χ0n) is 16.6. The third-order valence-corrected chi connectivity index (χ3v) is 6.15. The van der Waals surface area contributed by atoms with Gasteiger partial charge in [-0.1, -0.05) is 29.0 Å². The van der Waals surface area contributed by atoms with Crippen LogP contribution in [0.1, 0.15) is 44.9 Å². The lowest BCUT2D eigenvalue weighted by Gasteiger charge is -2.30. The summed E-state index contributed by atoms with van der Waals surface area (Å²) >= 11 is 1.32. The molecule has 3 heterocycles. The molecule has 2 aromatic heterocycles. The Morgan fingerprint density at radius 3 is 2.63 bits per heavy atom. The monoisotopic (exact) mass is 425 g/mol. The number of nitrogens with one attached hydrogen (secondary N) is 2. The molecule has 8 nitrogen and oxygen atoms in total. The smallest absolute Gasteiger partial charge is 0.317 e. The van der Waals surface area contributed by atoms with Gasteiger partial charge in [-0.15, -0.1) is 10.2 Å². The molecule has 1 saturated heterocycles. The number of hydrogen-bond donors (Lipinski definition) is 2. The molecule has 0 aliphatic carbocycles. The number of aromatic nitrogens is 2. The molecule has 0 radical (unpaired) electrons. The summed E-state index contributed by atoms with van der Waals surface area (Å²) in [6, 6.07) is 11.1. The normalized spacial score (nSPS) is 14.5. The largest absolute Gasteiger partial charge is 0.467 e. The van der Waals surface area contributed by atoms with Crippen LogP contribution in [-0.4, -0.2) is 40.1 Å². The minimum absolute atomic E-state index is 0.0970.